The zero-order valence-electron chi connectivity index (χ0n) is 6.96. The minimum absolute atomic E-state index is 0.288. The molecular weight excluding hydrogens is 255 g/mol. The second kappa shape index (κ2) is 5.50. The van der Waals surface area contributed by atoms with Crippen molar-refractivity contribution in [2.45, 2.75) is 6.42 Å². The number of ether oxygens (including phenoxy) is 1. The fraction of sp³-hybridized carbons (Fsp3) is 0.333. The lowest BCUT2D eigenvalue weighted by atomic mass is 10.3. The van der Waals surface area contributed by atoms with Crippen molar-refractivity contribution < 1.29 is 9.13 Å². The second-order valence-electron chi connectivity index (χ2n) is 2.50. The van der Waals surface area contributed by atoms with Crippen LogP contribution in [-0.2, 0) is 0 Å². The van der Waals surface area contributed by atoms with Crippen LogP contribution in [0.15, 0.2) is 22.7 Å². The lowest BCUT2D eigenvalue weighted by Gasteiger charge is -2.06. The molecule has 0 radical (unpaired) electrons. The maximum atomic E-state index is 13.0. The zero-order valence-corrected chi connectivity index (χ0v) is 9.45. The Hall–Kier alpha value is -0.220. The smallest absolute Gasteiger partial charge is 0.165 e. The molecule has 0 aliphatic rings. The molecule has 0 aliphatic carbocycles. The van der Waals surface area contributed by atoms with Crippen molar-refractivity contribution in [2.75, 3.05) is 12.4 Å². The Labute approximate surface area is 90.8 Å². The van der Waals surface area contributed by atoms with Gasteiger partial charge in [0, 0.05) is 4.47 Å². The summed E-state index contributed by atoms with van der Waals surface area (Å²) in [6.45, 7) is 0.497. The molecule has 1 aromatic rings. The van der Waals surface area contributed by atoms with Crippen LogP contribution >= 0.6 is 28.6 Å². The maximum absolute atomic E-state index is 13.0. The van der Waals surface area contributed by atoms with E-state index in [1.807, 2.05) is 0 Å². The van der Waals surface area contributed by atoms with Gasteiger partial charge in [0.15, 0.2) is 11.6 Å². The highest BCUT2D eigenvalue weighted by molar-refractivity contribution is 9.10. The van der Waals surface area contributed by atoms with E-state index in [2.05, 4.69) is 28.6 Å². The van der Waals surface area contributed by atoms with Crippen LogP contribution in [-0.4, -0.2) is 12.4 Å². The first-order chi connectivity index (χ1) is 6.24. The molecule has 1 rings (SSSR count). The number of benzene rings is 1. The molecule has 4 heteroatoms. The van der Waals surface area contributed by atoms with Crippen molar-refractivity contribution >= 4 is 28.6 Å². The van der Waals surface area contributed by atoms with E-state index in [0.717, 1.165) is 16.6 Å². The molecule has 0 aliphatic heterocycles. The van der Waals surface area contributed by atoms with E-state index >= 15 is 0 Å². The highest BCUT2D eigenvalue weighted by Gasteiger charge is 2.02. The van der Waals surface area contributed by atoms with Gasteiger partial charge < -0.3 is 4.74 Å². The maximum Gasteiger partial charge on any atom is 0.165 e. The first kappa shape index (κ1) is 10.9. The fourth-order valence-corrected chi connectivity index (χ4v) is 1.30. The molecule has 0 bridgehead atoms. The van der Waals surface area contributed by atoms with Crippen molar-refractivity contribution in [2.24, 2.45) is 0 Å². The summed E-state index contributed by atoms with van der Waals surface area (Å²) in [5.41, 5.74) is 0. The highest BCUT2D eigenvalue weighted by Crippen LogP contribution is 2.22. The van der Waals surface area contributed by atoms with Gasteiger partial charge in [-0.05, 0) is 30.4 Å². The molecule has 0 saturated heterocycles. The third-order valence-electron chi connectivity index (χ3n) is 1.45. The van der Waals surface area contributed by atoms with Gasteiger partial charge in [0.1, 0.15) is 0 Å². The molecule has 0 amide bonds. The number of hydrogen-bond acceptors (Lipinski definition) is 2. The minimum atomic E-state index is -0.331. The Balaban J connectivity index is 2.59. The van der Waals surface area contributed by atoms with Gasteiger partial charge in [-0.2, -0.15) is 12.6 Å². The Morgan fingerprint density at radius 3 is 2.92 bits per heavy atom. The van der Waals surface area contributed by atoms with Crippen molar-refractivity contribution in [3.05, 3.63) is 28.5 Å². The van der Waals surface area contributed by atoms with E-state index in [4.69, 9.17) is 4.74 Å². The van der Waals surface area contributed by atoms with E-state index in [1.165, 1.54) is 6.07 Å². The fourth-order valence-electron chi connectivity index (χ4n) is 0.834. The normalized spacial score (nSPS) is 10.1. The topological polar surface area (TPSA) is 9.23 Å². The van der Waals surface area contributed by atoms with Gasteiger partial charge in [0.05, 0.1) is 6.61 Å². The van der Waals surface area contributed by atoms with Crippen molar-refractivity contribution in [1.29, 1.82) is 0 Å². The highest BCUT2D eigenvalue weighted by atomic mass is 79.9. The van der Waals surface area contributed by atoms with E-state index in [1.54, 1.807) is 12.1 Å². The van der Waals surface area contributed by atoms with Crippen LogP contribution in [0.1, 0.15) is 6.42 Å². The number of hydrogen-bond donors (Lipinski definition) is 1. The number of rotatable bonds is 4. The molecule has 0 atom stereocenters. The number of halogens is 2. The van der Waals surface area contributed by atoms with Crippen LogP contribution < -0.4 is 4.74 Å². The van der Waals surface area contributed by atoms with Crippen molar-refractivity contribution in [1.82, 2.24) is 0 Å². The molecule has 1 aromatic carbocycles. The zero-order chi connectivity index (χ0) is 9.68. The van der Waals surface area contributed by atoms with Crippen LogP contribution in [0.4, 0.5) is 4.39 Å². The summed E-state index contributed by atoms with van der Waals surface area (Å²) in [6, 6.07) is 4.63. The van der Waals surface area contributed by atoms with Crippen LogP contribution in [0.3, 0.4) is 0 Å². The first-order valence-corrected chi connectivity index (χ1v) is 5.35. The summed E-state index contributed by atoms with van der Waals surface area (Å²) in [5.74, 6) is 0.703. The lowest BCUT2D eigenvalue weighted by molar-refractivity contribution is 0.302. The van der Waals surface area contributed by atoms with Crippen molar-refractivity contribution in [3.8, 4) is 5.75 Å². The lowest BCUT2D eigenvalue weighted by Crippen LogP contribution is -1.99. The minimum Gasteiger partial charge on any atom is -0.490 e. The quantitative estimate of drug-likeness (QED) is 0.649. The predicted molar refractivity (Wildman–Crippen MR) is 58.1 cm³/mol. The van der Waals surface area contributed by atoms with Gasteiger partial charge >= 0.3 is 0 Å². The molecule has 13 heavy (non-hydrogen) atoms. The molecule has 0 unspecified atom stereocenters. The molecule has 0 spiro atoms. The molecule has 0 saturated carbocycles. The third kappa shape index (κ3) is 3.56. The third-order valence-corrected chi connectivity index (χ3v) is 2.26. The monoisotopic (exact) mass is 264 g/mol. The molecule has 0 fully saturated rings. The van der Waals surface area contributed by atoms with Gasteiger partial charge in [0.25, 0.3) is 0 Å². The van der Waals surface area contributed by atoms with Crippen molar-refractivity contribution in [3.63, 3.8) is 0 Å². The Morgan fingerprint density at radius 1 is 1.46 bits per heavy atom. The molecule has 0 heterocycles. The SMILES string of the molecule is Fc1ccc(Br)cc1OCCCS. The first-order valence-electron chi connectivity index (χ1n) is 3.93. The summed E-state index contributed by atoms with van der Waals surface area (Å²) < 4.78 is 19.1. The van der Waals surface area contributed by atoms with Gasteiger partial charge in [-0.3, -0.25) is 0 Å². The molecule has 0 N–H and O–H groups in total. The summed E-state index contributed by atoms with van der Waals surface area (Å²) >= 11 is 7.27. The van der Waals surface area contributed by atoms with Crippen LogP contribution in [0.25, 0.3) is 0 Å². The van der Waals surface area contributed by atoms with Gasteiger partial charge in [-0.1, -0.05) is 15.9 Å². The van der Waals surface area contributed by atoms with E-state index < -0.39 is 0 Å². The summed E-state index contributed by atoms with van der Waals surface area (Å²) in [6.07, 6.45) is 0.815. The van der Waals surface area contributed by atoms with E-state index in [-0.39, 0.29) is 11.6 Å². The Kier molecular flexibility index (Phi) is 4.59. The largest absolute Gasteiger partial charge is 0.490 e. The van der Waals surface area contributed by atoms with Gasteiger partial charge in [0.2, 0.25) is 0 Å². The van der Waals surface area contributed by atoms with Crippen LogP contribution in [0, 0.1) is 5.82 Å². The van der Waals surface area contributed by atoms with Crippen LogP contribution in [0.2, 0.25) is 0 Å². The van der Waals surface area contributed by atoms with E-state index in [9.17, 15) is 4.39 Å². The van der Waals surface area contributed by atoms with E-state index in [0.29, 0.717) is 6.61 Å². The standard InChI is InChI=1S/C9H10BrFOS/c10-7-2-3-8(11)9(6-7)12-4-1-5-13/h2-3,6,13H,1,4-5H2. The molecule has 0 aromatic heterocycles. The predicted octanol–water partition coefficient (Wildman–Crippen LogP) is 3.29. The molecule has 72 valence electrons. The summed E-state index contributed by atoms with van der Waals surface area (Å²) in [7, 11) is 0. The summed E-state index contributed by atoms with van der Waals surface area (Å²) in [4.78, 5) is 0. The Bertz CT molecular complexity index is 280. The Morgan fingerprint density at radius 2 is 2.23 bits per heavy atom. The van der Waals surface area contributed by atoms with Gasteiger partial charge in [-0.25, -0.2) is 4.39 Å². The van der Waals surface area contributed by atoms with Crippen LogP contribution in [0.5, 0.6) is 5.75 Å². The second-order valence-corrected chi connectivity index (χ2v) is 3.86. The van der Waals surface area contributed by atoms with Gasteiger partial charge in [-0.15, -0.1) is 0 Å². The average molecular weight is 265 g/mol. The summed E-state index contributed by atoms with van der Waals surface area (Å²) in [5, 5.41) is 0. The average Bonchev–Trinajstić information content (AvgIpc) is 2.11. The number of thiol groups is 1. The molecule has 1 nitrogen and oxygen atoms in total. The molecular formula is C9H10BrFOS.